The van der Waals surface area contributed by atoms with Gasteiger partial charge in [0, 0.05) is 12.5 Å². The van der Waals surface area contributed by atoms with Crippen LogP contribution in [0, 0.1) is 0 Å². The summed E-state index contributed by atoms with van der Waals surface area (Å²) >= 11 is 0. The average molecular weight is 227 g/mol. The Bertz CT molecular complexity index is 261. The molecule has 0 aliphatic heterocycles. The molecular weight excluding hydrogens is 206 g/mol. The standard InChI is InChI=1S/C12H21NO3/c1-3-4-5-6-11(14)13(10-7-8-10)9(2)12(15)16/h9-10H,3-8H2,1-2H3,(H,15,16). The van der Waals surface area contributed by atoms with Gasteiger partial charge >= 0.3 is 5.97 Å². The number of rotatable bonds is 7. The molecular formula is C12H21NO3. The zero-order valence-electron chi connectivity index (χ0n) is 10.1. The number of carboxylic acid groups (broad SMARTS) is 1. The van der Waals surface area contributed by atoms with Crippen LogP contribution in [0.1, 0.15) is 52.4 Å². The highest BCUT2D eigenvalue weighted by molar-refractivity contribution is 5.83. The highest BCUT2D eigenvalue weighted by Crippen LogP contribution is 2.29. The van der Waals surface area contributed by atoms with Crippen molar-refractivity contribution in [2.45, 2.75) is 64.5 Å². The van der Waals surface area contributed by atoms with Gasteiger partial charge in [-0.15, -0.1) is 0 Å². The van der Waals surface area contributed by atoms with Crippen molar-refractivity contribution in [3.8, 4) is 0 Å². The van der Waals surface area contributed by atoms with Gasteiger partial charge in [0.2, 0.25) is 5.91 Å². The second kappa shape index (κ2) is 5.87. The van der Waals surface area contributed by atoms with Crippen LogP contribution in [0.5, 0.6) is 0 Å². The molecule has 1 amide bonds. The molecule has 0 bridgehead atoms. The summed E-state index contributed by atoms with van der Waals surface area (Å²) in [6.07, 6.45) is 5.37. The molecule has 0 spiro atoms. The minimum atomic E-state index is -0.907. The van der Waals surface area contributed by atoms with Crippen molar-refractivity contribution < 1.29 is 14.7 Å². The van der Waals surface area contributed by atoms with Gasteiger partial charge in [0.15, 0.2) is 0 Å². The van der Waals surface area contributed by atoms with E-state index in [1.54, 1.807) is 11.8 Å². The predicted octanol–water partition coefficient (Wildman–Crippen LogP) is 2.03. The molecule has 1 rings (SSSR count). The van der Waals surface area contributed by atoms with E-state index in [4.69, 9.17) is 5.11 Å². The Kier molecular flexibility index (Phi) is 4.77. The lowest BCUT2D eigenvalue weighted by atomic mass is 10.1. The molecule has 4 heteroatoms. The van der Waals surface area contributed by atoms with E-state index in [1.807, 2.05) is 0 Å². The van der Waals surface area contributed by atoms with E-state index >= 15 is 0 Å². The first-order chi connectivity index (χ1) is 7.57. The third-order valence-corrected chi connectivity index (χ3v) is 3.00. The number of carbonyl (C=O) groups excluding carboxylic acids is 1. The van der Waals surface area contributed by atoms with Gasteiger partial charge in [0.1, 0.15) is 6.04 Å². The van der Waals surface area contributed by atoms with Gasteiger partial charge in [-0.25, -0.2) is 4.79 Å². The molecule has 0 aromatic rings. The van der Waals surface area contributed by atoms with Gasteiger partial charge in [0.05, 0.1) is 0 Å². The van der Waals surface area contributed by atoms with E-state index in [-0.39, 0.29) is 11.9 Å². The second-order valence-electron chi connectivity index (χ2n) is 4.50. The largest absolute Gasteiger partial charge is 0.480 e. The monoisotopic (exact) mass is 227 g/mol. The molecule has 0 heterocycles. The predicted molar refractivity (Wildman–Crippen MR) is 61.1 cm³/mol. The molecule has 0 saturated heterocycles. The molecule has 1 saturated carbocycles. The van der Waals surface area contributed by atoms with Crippen LogP contribution in [0.25, 0.3) is 0 Å². The lowest BCUT2D eigenvalue weighted by Crippen LogP contribution is -2.44. The SMILES string of the molecule is CCCCCC(=O)N(C1CC1)C(C)C(=O)O. The fraction of sp³-hybridized carbons (Fsp3) is 0.833. The van der Waals surface area contributed by atoms with Crippen LogP contribution >= 0.6 is 0 Å². The first-order valence-corrected chi connectivity index (χ1v) is 6.12. The fourth-order valence-corrected chi connectivity index (χ4v) is 1.86. The minimum absolute atomic E-state index is 0.00542. The van der Waals surface area contributed by atoms with Gasteiger partial charge in [-0.1, -0.05) is 19.8 Å². The van der Waals surface area contributed by atoms with E-state index in [1.165, 1.54) is 0 Å². The van der Waals surface area contributed by atoms with Crippen molar-refractivity contribution in [2.75, 3.05) is 0 Å². The molecule has 1 aliphatic carbocycles. The van der Waals surface area contributed by atoms with Crippen LogP contribution in [0.15, 0.2) is 0 Å². The Labute approximate surface area is 96.6 Å². The molecule has 1 fully saturated rings. The van der Waals surface area contributed by atoms with Crippen molar-refractivity contribution in [1.82, 2.24) is 4.90 Å². The lowest BCUT2D eigenvalue weighted by Gasteiger charge is -2.26. The molecule has 4 nitrogen and oxygen atoms in total. The van der Waals surface area contributed by atoms with Crippen LogP contribution in [-0.4, -0.2) is 34.0 Å². The maximum Gasteiger partial charge on any atom is 0.326 e. The number of carboxylic acids is 1. The van der Waals surface area contributed by atoms with Crippen LogP contribution in [0.2, 0.25) is 0 Å². The number of amides is 1. The summed E-state index contributed by atoms with van der Waals surface area (Å²) in [6.45, 7) is 3.68. The quantitative estimate of drug-likeness (QED) is 0.677. The summed E-state index contributed by atoms with van der Waals surface area (Å²) in [7, 11) is 0. The van der Waals surface area contributed by atoms with Gasteiger partial charge < -0.3 is 10.0 Å². The molecule has 0 radical (unpaired) electrons. The summed E-state index contributed by atoms with van der Waals surface area (Å²) in [5.74, 6) is -0.901. The van der Waals surface area contributed by atoms with E-state index in [2.05, 4.69) is 6.92 Å². The summed E-state index contributed by atoms with van der Waals surface area (Å²) in [5, 5.41) is 8.96. The number of carbonyl (C=O) groups is 2. The third kappa shape index (κ3) is 3.51. The van der Waals surface area contributed by atoms with Crippen molar-refractivity contribution >= 4 is 11.9 Å². The number of hydrogen-bond acceptors (Lipinski definition) is 2. The summed E-state index contributed by atoms with van der Waals surface area (Å²) in [5.41, 5.74) is 0. The Morgan fingerprint density at radius 1 is 1.38 bits per heavy atom. The van der Waals surface area contributed by atoms with E-state index in [0.29, 0.717) is 6.42 Å². The maximum atomic E-state index is 11.9. The lowest BCUT2D eigenvalue weighted by molar-refractivity contribution is -0.150. The summed E-state index contributed by atoms with van der Waals surface area (Å²) in [4.78, 5) is 24.4. The Morgan fingerprint density at radius 3 is 2.44 bits per heavy atom. The van der Waals surface area contributed by atoms with E-state index in [0.717, 1.165) is 32.1 Å². The fourth-order valence-electron chi connectivity index (χ4n) is 1.86. The summed E-state index contributed by atoms with van der Waals surface area (Å²) in [6, 6.07) is -0.498. The topological polar surface area (TPSA) is 57.6 Å². The minimum Gasteiger partial charge on any atom is -0.480 e. The van der Waals surface area contributed by atoms with Crippen LogP contribution in [-0.2, 0) is 9.59 Å². The van der Waals surface area contributed by atoms with Crippen molar-refractivity contribution in [3.63, 3.8) is 0 Å². The molecule has 1 atom stereocenters. The van der Waals surface area contributed by atoms with Crippen molar-refractivity contribution in [2.24, 2.45) is 0 Å². The second-order valence-corrected chi connectivity index (χ2v) is 4.50. The molecule has 1 N–H and O–H groups in total. The smallest absolute Gasteiger partial charge is 0.326 e. The number of nitrogens with zero attached hydrogens (tertiary/aromatic N) is 1. The average Bonchev–Trinajstić information content (AvgIpc) is 3.02. The van der Waals surface area contributed by atoms with Crippen molar-refractivity contribution in [1.29, 1.82) is 0 Å². The van der Waals surface area contributed by atoms with Crippen LogP contribution in [0.4, 0.5) is 0 Å². The summed E-state index contributed by atoms with van der Waals surface area (Å²) < 4.78 is 0. The van der Waals surface area contributed by atoms with Gasteiger partial charge in [-0.2, -0.15) is 0 Å². The maximum absolute atomic E-state index is 11.9. The van der Waals surface area contributed by atoms with Gasteiger partial charge in [-0.3, -0.25) is 4.79 Å². The molecule has 92 valence electrons. The first-order valence-electron chi connectivity index (χ1n) is 6.12. The number of aliphatic carboxylic acids is 1. The molecule has 0 aromatic carbocycles. The molecule has 1 unspecified atom stereocenters. The van der Waals surface area contributed by atoms with E-state index in [9.17, 15) is 9.59 Å². The Balaban J connectivity index is 2.49. The van der Waals surface area contributed by atoms with Crippen LogP contribution < -0.4 is 0 Å². The zero-order chi connectivity index (χ0) is 12.1. The molecule has 1 aliphatic rings. The zero-order valence-corrected chi connectivity index (χ0v) is 10.1. The highest BCUT2D eigenvalue weighted by Gasteiger charge is 2.37. The van der Waals surface area contributed by atoms with Crippen LogP contribution in [0.3, 0.4) is 0 Å². The normalized spacial score (nSPS) is 16.9. The molecule has 0 aromatic heterocycles. The Hall–Kier alpha value is -1.06. The van der Waals surface area contributed by atoms with Gasteiger partial charge in [0.25, 0.3) is 0 Å². The third-order valence-electron chi connectivity index (χ3n) is 3.00. The van der Waals surface area contributed by atoms with Gasteiger partial charge in [-0.05, 0) is 26.2 Å². The number of hydrogen-bond donors (Lipinski definition) is 1. The first kappa shape index (κ1) is 13.0. The highest BCUT2D eigenvalue weighted by atomic mass is 16.4. The van der Waals surface area contributed by atoms with Crippen molar-refractivity contribution in [3.05, 3.63) is 0 Å². The van der Waals surface area contributed by atoms with E-state index < -0.39 is 12.0 Å². The number of unbranched alkanes of at least 4 members (excludes halogenated alkanes) is 2. The Morgan fingerprint density at radius 2 is 2.00 bits per heavy atom. The molecule has 16 heavy (non-hydrogen) atoms.